The number of aliphatic hydroxyl groups is 1. The van der Waals surface area contributed by atoms with Gasteiger partial charge in [-0.15, -0.1) is 0 Å². The predicted octanol–water partition coefficient (Wildman–Crippen LogP) is 2.54. The number of rotatable bonds is 4. The van der Waals surface area contributed by atoms with Crippen LogP contribution >= 0.6 is 0 Å². The van der Waals surface area contributed by atoms with Gasteiger partial charge in [0.05, 0.1) is 6.10 Å². The molecule has 0 unspecified atom stereocenters. The summed E-state index contributed by atoms with van der Waals surface area (Å²) in [4.78, 5) is 2.55. The van der Waals surface area contributed by atoms with Crippen LogP contribution in [0.2, 0.25) is 0 Å². The van der Waals surface area contributed by atoms with E-state index in [-0.39, 0.29) is 6.10 Å². The molecule has 0 amide bonds. The van der Waals surface area contributed by atoms with Crippen LogP contribution in [0.15, 0.2) is 30.3 Å². The molecule has 1 aromatic carbocycles. The molecule has 2 fully saturated rings. The van der Waals surface area contributed by atoms with Crippen LogP contribution in [0, 0.1) is 0 Å². The molecule has 2 N–H and O–H groups in total. The van der Waals surface area contributed by atoms with E-state index in [9.17, 15) is 5.11 Å². The van der Waals surface area contributed by atoms with E-state index in [1.165, 1.54) is 31.2 Å². The third-order valence-electron chi connectivity index (χ3n) is 5.02. The lowest BCUT2D eigenvalue weighted by Crippen LogP contribution is -2.50. The first-order valence-electron chi connectivity index (χ1n) is 8.51. The van der Waals surface area contributed by atoms with Crippen LogP contribution in [0.25, 0.3) is 0 Å². The van der Waals surface area contributed by atoms with E-state index in [1.807, 2.05) is 0 Å². The van der Waals surface area contributed by atoms with Gasteiger partial charge in [0.2, 0.25) is 0 Å². The summed E-state index contributed by atoms with van der Waals surface area (Å²) in [6, 6.07) is 11.7. The van der Waals surface area contributed by atoms with Crippen LogP contribution in [-0.2, 0) is 6.54 Å². The van der Waals surface area contributed by atoms with Crippen molar-refractivity contribution in [1.29, 1.82) is 0 Å². The van der Waals surface area contributed by atoms with E-state index in [1.54, 1.807) is 0 Å². The molecule has 1 saturated heterocycles. The van der Waals surface area contributed by atoms with Gasteiger partial charge < -0.3 is 10.4 Å². The van der Waals surface area contributed by atoms with Crippen LogP contribution in [0.3, 0.4) is 0 Å². The van der Waals surface area contributed by atoms with Gasteiger partial charge in [0, 0.05) is 18.6 Å². The summed E-state index contributed by atoms with van der Waals surface area (Å²) in [6.45, 7) is 3.39. The summed E-state index contributed by atoms with van der Waals surface area (Å²) >= 11 is 0. The number of likely N-dealkylation sites (tertiary alicyclic amines) is 1. The zero-order chi connectivity index (χ0) is 14.5. The Morgan fingerprint density at radius 3 is 2.43 bits per heavy atom. The van der Waals surface area contributed by atoms with E-state index >= 15 is 0 Å². The Morgan fingerprint density at radius 1 is 1.00 bits per heavy atom. The Balaban J connectivity index is 1.42. The molecule has 21 heavy (non-hydrogen) atoms. The molecule has 3 nitrogen and oxygen atoms in total. The molecular formula is C18H28N2O. The Hall–Kier alpha value is -0.900. The molecule has 2 aliphatic rings. The summed E-state index contributed by atoms with van der Waals surface area (Å²) < 4.78 is 0. The van der Waals surface area contributed by atoms with Crippen molar-refractivity contribution in [2.24, 2.45) is 0 Å². The van der Waals surface area contributed by atoms with Gasteiger partial charge in [-0.25, -0.2) is 0 Å². The Kier molecular flexibility index (Phi) is 5.28. The van der Waals surface area contributed by atoms with Gasteiger partial charge in [-0.1, -0.05) is 43.2 Å². The van der Waals surface area contributed by atoms with Crippen LogP contribution in [0.5, 0.6) is 0 Å². The van der Waals surface area contributed by atoms with Crippen molar-refractivity contribution in [3.05, 3.63) is 35.9 Å². The smallest absolute Gasteiger partial charge is 0.0693 e. The third-order valence-corrected chi connectivity index (χ3v) is 5.02. The number of nitrogens with zero attached hydrogens (tertiary/aromatic N) is 1. The molecule has 1 aliphatic carbocycles. The minimum atomic E-state index is -0.124. The molecule has 0 spiro atoms. The van der Waals surface area contributed by atoms with Gasteiger partial charge in [-0.2, -0.15) is 0 Å². The maximum absolute atomic E-state index is 10.1. The highest BCUT2D eigenvalue weighted by Gasteiger charge is 2.27. The monoisotopic (exact) mass is 288 g/mol. The Labute approximate surface area is 128 Å². The second kappa shape index (κ2) is 7.39. The first-order valence-corrected chi connectivity index (χ1v) is 8.51. The molecule has 2 atom stereocenters. The van der Waals surface area contributed by atoms with E-state index < -0.39 is 0 Å². The minimum Gasteiger partial charge on any atom is -0.392 e. The fourth-order valence-corrected chi connectivity index (χ4v) is 3.71. The largest absolute Gasteiger partial charge is 0.392 e. The van der Waals surface area contributed by atoms with Crippen molar-refractivity contribution in [2.45, 2.75) is 63.3 Å². The highest BCUT2D eigenvalue weighted by atomic mass is 16.3. The number of aliphatic hydroxyl groups excluding tert-OH is 1. The fourth-order valence-electron chi connectivity index (χ4n) is 3.71. The van der Waals surface area contributed by atoms with Crippen LogP contribution in [-0.4, -0.2) is 41.3 Å². The molecule has 116 valence electrons. The van der Waals surface area contributed by atoms with E-state index in [4.69, 9.17) is 0 Å². The second-order valence-electron chi connectivity index (χ2n) is 6.66. The molecule has 0 radical (unpaired) electrons. The lowest BCUT2D eigenvalue weighted by molar-refractivity contribution is 0.0759. The molecule has 1 aliphatic heterocycles. The predicted molar refractivity (Wildman–Crippen MR) is 86.1 cm³/mol. The summed E-state index contributed by atoms with van der Waals surface area (Å²) in [5.74, 6) is 0. The Bertz CT molecular complexity index is 414. The number of hydrogen-bond donors (Lipinski definition) is 2. The molecule has 0 bridgehead atoms. The third kappa shape index (κ3) is 4.29. The summed E-state index contributed by atoms with van der Waals surface area (Å²) in [5, 5.41) is 13.8. The normalized spacial score (nSPS) is 28.6. The van der Waals surface area contributed by atoms with Crippen LogP contribution in [0.4, 0.5) is 0 Å². The molecule has 1 heterocycles. The standard InChI is InChI=1S/C18H28N2O/c21-18-9-5-4-8-17(18)19-16-10-12-20(13-11-16)14-15-6-2-1-3-7-15/h1-3,6-7,16-19,21H,4-5,8-14H2/t17-,18-/m1/s1. The van der Waals surface area contributed by atoms with E-state index in [2.05, 4.69) is 40.5 Å². The van der Waals surface area contributed by atoms with Crippen molar-refractivity contribution in [1.82, 2.24) is 10.2 Å². The minimum absolute atomic E-state index is 0.124. The van der Waals surface area contributed by atoms with Gasteiger partial charge in [0.1, 0.15) is 0 Å². The first kappa shape index (κ1) is 15.0. The summed E-state index contributed by atoms with van der Waals surface area (Å²) in [6.07, 6.45) is 6.86. The van der Waals surface area contributed by atoms with Gasteiger partial charge in [-0.05, 0) is 44.3 Å². The van der Waals surface area contributed by atoms with Gasteiger partial charge in [-0.3, -0.25) is 4.90 Å². The highest BCUT2D eigenvalue weighted by Crippen LogP contribution is 2.21. The molecular weight excluding hydrogens is 260 g/mol. The van der Waals surface area contributed by atoms with Crippen LogP contribution in [0.1, 0.15) is 44.1 Å². The SMILES string of the molecule is O[C@@H]1CCCC[C@H]1NC1CCN(Cc2ccccc2)CC1. The lowest BCUT2D eigenvalue weighted by Gasteiger charge is -2.37. The molecule has 1 aromatic rings. The summed E-state index contributed by atoms with van der Waals surface area (Å²) in [7, 11) is 0. The summed E-state index contributed by atoms with van der Waals surface area (Å²) in [5.41, 5.74) is 1.41. The number of nitrogens with one attached hydrogen (secondary N) is 1. The average molecular weight is 288 g/mol. The topological polar surface area (TPSA) is 35.5 Å². The number of benzene rings is 1. The molecule has 3 heteroatoms. The molecule has 1 saturated carbocycles. The van der Waals surface area contributed by atoms with Crippen molar-refractivity contribution in [3.8, 4) is 0 Å². The van der Waals surface area contributed by atoms with E-state index in [0.29, 0.717) is 12.1 Å². The lowest BCUT2D eigenvalue weighted by atomic mass is 9.91. The van der Waals surface area contributed by atoms with Gasteiger partial charge >= 0.3 is 0 Å². The quantitative estimate of drug-likeness (QED) is 0.894. The van der Waals surface area contributed by atoms with Crippen LogP contribution < -0.4 is 5.32 Å². The van der Waals surface area contributed by atoms with Crippen molar-refractivity contribution in [2.75, 3.05) is 13.1 Å². The van der Waals surface area contributed by atoms with Crippen molar-refractivity contribution >= 4 is 0 Å². The van der Waals surface area contributed by atoms with E-state index in [0.717, 1.165) is 32.5 Å². The maximum Gasteiger partial charge on any atom is 0.0693 e. The maximum atomic E-state index is 10.1. The zero-order valence-electron chi connectivity index (χ0n) is 12.9. The zero-order valence-corrected chi connectivity index (χ0v) is 12.9. The van der Waals surface area contributed by atoms with Gasteiger partial charge in [0.25, 0.3) is 0 Å². The molecule has 0 aromatic heterocycles. The van der Waals surface area contributed by atoms with Crippen molar-refractivity contribution < 1.29 is 5.11 Å². The second-order valence-corrected chi connectivity index (χ2v) is 6.66. The fraction of sp³-hybridized carbons (Fsp3) is 0.667. The first-order chi connectivity index (χ1) is 10.3. The number of piperidine rings is 1. The van der Waals surface area contributed by atoms with Gasteiger partial charge in [0.15, 0.2) is 0 Å². The molecule has 3 rings (SSSR count). The average Bonchev–Trinajstić information content (AvgIpc) is 2.52. The Morgan fingerprint density at radius 2 is 1.71 bits per heavy atom. The number of hydrogen-bond acceptors (Lipinski definition) is 3. The van der Waals surface area contributed by atoms with Crippen molar-refractivity contribution in [3.63, 3.8) is 0 Å². The highest BCUT2D eigenvalue weighted by molar-refractivity contribution is 5.14.